The highest BCUT2D eigenvalue weighted by atomic mass is 16.2. The number of hydrogen-bond donors (Lipinski definition) is 2. The summed E-state index contributed by atoms with van der Waals surface area (Å²) in [5.74, 6) is 2.37. The van der Waals surface area contributed by atoms with Crippen LogP contribution in [-0.2, 0) is 0 Å². The second-order valence-corrected chi connectivity index (χ2v) is 5.02. The number of carbonyl (C=O) groups excluding carboxylic acids is 1. The van der Waals surface area contributed by atoms with Gasteiger partial charge in [-0.25, -0.2) is 0 Å². The van der Waals surface area contributed by atoms with Gasteiger partial charge in [-0.1, -0.05) is 5.92 Å². The number of aromatic nitrogens is 1. The predicted molar refractivity (Wildman–Crippen MR) is 67.5 cm³/mol. The van der Waals surface area contributed by atoms with E-state index < -0.39 is 5.54 Å². The summed E-state index contributed by atoms with van der Waals surface area (Å²) in [5, 5.41) is 2.81. The molecule has 0 saturated heterocycles. The maximum absolute atomic E-state index is 12.1. The minimum atomic E-state index is -0.648. The highest BCUT2D eigenvalue weighted by Crippen LogP contribution is 2.37. The maximum Gasteiger partial charge on any atom is 0.269 e. The normalized spacial score (nSPS) is 15.4. The van der Waals surface area contributed by atoms with E-state index in [9.17, 15) is 4.79 Å². The number of rotatable bonds is 3. The molecule has 0 unspecified atom stereocenters. The van der Waals surface area contributed by atoms with Crippen molar-refractivity contribution in [2.75, 3.05) is 5.73 Å². The van der Waals surface area contributed by atoms with Crippen molar-refractivity contribution >= 4 is 11.6 Å². The minimum absolute atomic E-state index is 0.170. The molecular formula is C13H17N3O. The van der Waals surface area contributed by atoms with Crippen LogP contribution < -0.4 is 11.1 Å². The van der Waals surface area contributed by atoms with Gasteiger partial charge < -0.3 is 15.6 Å². The highest BCUT2D eigenvalue weighted by molar-refractivity contribution is 5.94. The maximum atomic E-state index is 12.1. The zero-order valence-electron chi connectivity index (χ0n) is 10.2. The first kappa shape index (κ1) is 11.6. The number of anilines is 1. The molecule has 90 valence electrons. The lowest BCUT2D eigenvalue weighted by atomic mass is 10.1. The van der Waals surface area contributed by atoms with Gasteiger partial charge in [0, 0.05) is 12.2 Å². The SMILES string of the molecule is C#CC(C)(C)NC(=O)c1cc(N)cn1C1CC1. The van der Waals surface area contributed by atoms with Crippen LogP contribution in [0.5, 0.6) is 0 Å². The number of nitrogen functional groups attached to an aromatic ring is 1. The van der Waals surface area contributed by atoms with E-state index >= 15 is 0 Å². The largest absolute Gasteiger partial charge is 0.397 e. The third-order valence-corrected chi connectivity index (χ3v) is 2.83. The number of carbonyl (C=O) groups is 1. The summed E-state index contributed by atoms with van der Waals surface area (Å²) in [5.41, 5.74) is 6.29. The van der Waals surface area contributed by atoms with E-state index in [1.807, 2.05) is 10.8 Å². The van der Waals surface area contributed by atoms with E-state index in [-0.39, 0.29) is 5.91 Å². The fourth-order valence-electron chi connectivity index (χ4n) is 1.72. The number of amides is 1. The Morgan fingerprint density at radius 3 is 2.82 bits per heavy atom. The molecule has 1 amide bonds. The lowest BCUT2D eigenvalue weighted by Gasteiger charge is -2.20. The molecule has 17 heavy (non-hydrogen) atoms. The van der Waals surface area contributed by atoms with Gasteiger partial charge in [0.15, 0.2) is 0 Å². The summed E-state index contributed by atoms with van der Waals surface area (Å²) in [6.07, 6.45) is 9.37. The van der Waals surface area contributed by atoms with Gasteiger partial charge >= 0.3 is 0 Å². The average molecular weight is 231 g/mol. The number of nitrogens with zero attached hydrogens (tertiary/aromatic N) is 1. The van der Waals surface area contributed by atoms with Crippen LogP contribution in [0.2, 0.25) is 0 Å². The van der Waals surface area contributed by atoms with Crippen LogP contribution >= 0.6 is 0 Å². The van der Waals surface area contributed by atoms with Crippen molar-refractivity contribution in [3.8, 4) is 12.3 Å². The Morgan fingerprint density at radius 1 is 1.65 bits per heavy atom. The van der Waals surface area contributed by atoms with Crippen molar-refractivity contribution in [1.82, 2.24) is 9.88 Å². The minimum Gasteiger partial charge on any atom is -0.397 e. The summed E-state index contributed by atoms with van der Waals surface area (Å²) in [6.45, 7) is 3.58. The Kier molecular flexibility index (Phi) is 2.62. The molecule has 0 atom stereocenters. The lowest BCUT2D eigenvalue weighted by molar-refractivity contribution is 0.0920. The van der Waals surface area contributed by atoms with Gasteiger partial charge in [0.2, 0.25) is 0 Å². The van der Waals surface area contributed by atoms with Gasteiger partial charge in [-0.15, -0.1) is 6.42 Å². The molecule has 4 heteroatoms. The molecule has 1 aliphatic carbocycles. The van der Waals surface area contributed by atoms with Crippen LogP contribution in [0.25, 0.3) is 0 Å². The Morgan fingerprint density at radius 2 is 2.29 bits per heavy atom. The van der Waals surface area contributed by atoms with E-state index in [2.05, 4.69) is 11.2 Å². The summed E-state index contributed by atoms with van der Waals surface area (Å²) in [4.78, 5) is 12.1. The second-order valence-electron chi connectivity index (χ2n) is 5.02. The van der Waals surface area contributed by atoms with Crippen LogP contribution in [-0.4, -0.2) is 16.0 Å². The summed E-state index contributed by atoms with van der Waals surface area (Å²) in [6, 6.07) is 2.11. The number of terminal acetylenes is 1. The molecule has 0 spiro atoms. The molecule has 1 fully saturated rings. The third-order valence-electron chi connectivity index (χ3n) is 2.83. The molecule has 1 aromatic rings. The van der Waals surface area contributed by atoms with E-state index in [1.165, 1.54) is 0 Å². The quantitative estimate of drug-likeness (QED) is 0.775. The zero-order chi connectivity index (χ0) is 12.6. The van der Waals surface area contributed by atoms with Crippen LogP contribution in [0.3, 0.4) is 0 Å². The number of nitrogens with two attached hydrogens (primary N) is 1. The van der Waals surface area contributed by atoms with Gasteiger partial charge in [0.25, 0.3) is 5.91 Å². The monoisotopic (exact) mass is 231 g/mol. The van der Waals surface area contributed by atoms with Gasteiger partial charge in [0.1, 0.15) is 5.69 Å². The Balaban J connectivity index is 2.22. The fourth-order valence-corrected chi connectivity index (χ4v) is 1.72. The van der Waals surface area contributed by atoms with Crippen LogP contribution in [0.1, 0.15) is 43.2 Å². The van der Waals surface area contributed by atoms with Gasteiger partial charge in [0.05, 0.1) is 11.2 Å². The van der Waals surface area contributed by atoms with Crippen molar-refractivity contribution < 1.29 is 4.79 Å². The predicted octanol–water partition coefficient (Wildman–Crippen LogP) is 1.55. The molecule has 3 N–H and O–H groups in total. The number of nitrogens with one attached hydrogen (secondary N) is 1. The zero-order valence-corrected chi connectivity index (χ0v) is 10.2. The molecule has 1 heterocycles. The average Bonchev–Trinajstić information content (AvgIpc) is 3.01. The third kappa shape index (κ3) is 2.44. The van der Waals surface area contributed by atoms with Gasteiger partial charge in [-0.3, -0.25) is 4.79 Å². The van der Waals surface area contributed by atoms with Crippen molar-refractivity contribution in [3.63, 3.8) is 0 Å². The lowest BCUT2D eigenvalue weighted by Crippen LogP contribution is -2.42. The standard InChI is InChI=1S/C13H17N3O/c1-4-13(2,3)15-12(17)11-7-9(14)8-16(11)10-5-6-10/h1,7-8,10H,5-6,14H2,2-3H3,(H,15,17). The summed E-state index contributed by atoms with van der Waals surface area (Å²) >= 11 is 0. The first-order valence-corrected chi connectivity index (χ1v) is 5.70. The fraction of sp³-hybridized carbons (Fsp3) is 0.462. The first-order valence-electron chi connectivity index (χ1n) is 5.70. The van der Waals surface area contributed by atoms with Crippen LogP contribution in [0.15, 0.2) is 12.3 Å². The Hall–Kier alpha value is -1.89. The highest BCUT2D eigenvalue weighted by Gasteiger charge is 2.29. The molecule has 0 aromatic carbocycles. The van der Waals surface area contributed by atoms with Crippen molar-refractivity contribution in [2.45, 2.75) is 38.3 Å². The Bertz CT molecular complexity index is 489. The summed E-state index contributed by atoms with van der Waals surface area (Å²) < 4.78 is 1.94. The van der Waals surface area contributed by atoms with Gasteiger partial charge in [-0.2, -0.15) is 0 Å². The molecule has 1 aromatic heterocycles. The first-order chi connectivity index (χ1) is 7.93. The molecule has 2 rings (SSSR count). The second kappa shape index (κ2) is 3.85. The molecule has 0 radical (unpaired) electrons. The van der Waals surface area contributed by atoms with Crippen molar-refractivity contribution in [3.05, 3.63) is 18.0 Å². The van der Waals surface area contributed by atoms with Crippen molar-refractivity contribution in [1.29, 1.82) is 0 Å². The van der Waals surface area contributed by atoms with Crippen LogP contribution in [0, 0.1) is 12.3 Å². The van der Waals surface area contributed by atoms with E-state index in [1.54, 1.807) is 19.9 Å². The number of hydrogen-bond acceptors (Lipinski definition) is 2. The molecule has 1 aliphatic rings. The van der Waals surface area contributed by atoms with E-state index in [0.717, 1.165) is 12.8 Å². The van der Waals surface area contributed by atoms with Crippen LogP contribution in [0.4, 0.5) is 5.69 Å². The molecule has 1 saturated carbocycles. The Labute approximate surface area is 101 Å². The molecule has 0 bridgehead atoms. The van der Waals surface area contributed by atoms with E-state index in [4.69, 9.17) is 12.2 Å². The summed E-state index contributed by atoms with van der Waals surface area (Å²) in [7, 11) is 0. The molecule has 0 aliphatic heterocycles. The topological polar surface area (TPSA) is 60.1 Å². The van der Waals surface area contributed by atoms with E-state index in [0.29, 0.717) is 17.4 Å². The van der Waals surface area contributed by atoms with Gasteiger partial charge in [-0.05, 0) is 32.8 Å². The smallest absolute Gasteiger partial charge is 0.269 e. The van der Waals surface area contributed by atoms with Crippen molar-refractivity contribution in [2.24, 2.45) is 0 Å². The molecular weight excluding hydrogens is 214 g/mol. The molecule has 4 nitrogen and oxygen atoms in total.